The van der Waals surface area contributed by atoms with Crippen molar-refractivity contribution in [1.29, 1.82) is 0 Å². The zero-order valence-corrected chi connectivity index (χ0v) is 20.1. The first kappa shape index (κ1) is 23.8. The van der Waals surface area contributed by atoms with Crippen LogP contribution in [0.25, 0.3) is 6.08 Å². The summed E-state index contributed by atoms with van der Waals surface area (Å²) in [4.78, 5) is 49.8. The SMILES string of the molecule is CCOC(=O)CN1C(=O)S/C(=C\c2cc(I)c(OC(=O)c3ccccc3)c(OC)c2)C1=O. The zero-order valence-electron chi connectivity index (χ0n) is 17.1. The third-order valence-corrected chi connectivity index (χ3v) is 5.93. The maximum Gasteiger partial charge on any atom is 0.343 e. The number of thioether (sulfide) groups is 1. The summed E-state index contributed by atoms with van der Waals surface area (Å²) < 4.78 is 16.3. The molecule has 8 nitrogen and oxygen atoms in total. The Balaban J connectivity index is 1.83. The van der Waals surface area contributed by atoms with Crippen LogP contribution in [0.1, 0.15) is 22.8 Å². The number of ether oxygens (including phenoxy) is 3. The van der Waals surface area contributed by atoms with Crippen molar-refractivity contribution in [1.82, 2.24) is 4.90 Å². The monoisotopic (exact) mass is 567 g/mol. The van der Waals surface area contributed by atoms with Gasteiger partial charge in [-0.25, -0.2) is 4.79 Å². The summed E-state index contributed by atoms with van der Waals surface area (Å²) in [5, 5.41) is -0.552. The maximum atomic E-state index is 12.6. The first-order valence-electron chi connectivity index (χ1n) is 9.39. The van der Waals surface area contributed by atoms with Crippen LogP contribution in [0, 0.1) is 3.57 Å². The highest BCUT2D eigenvalue weighted by Gasteiger charge is 2.36. The lowest BCUT2D eigenvalue weighted by atomic mass is 10.1. The molecule has 0 atom stereocenters. The molecule has 2 aromatic rings. The lowest BCUT2D eigenvalue weighted by Gasteiger charge is -2.13. The molecule has 0 saturated carbocycles. The lowest BCUT2D eigenvalue weighted by Crippen LogP contribution is -2.34. The van der Waals surface area contributed by atoms with E-state index in [-0.39, 0.29) is 23.0 Å². The molecule has 1 fully saturated rings. The molecular formula is C22H18INO7S. The van der Waals surface area contributed by atoms with Gasteiger partial charge in [-0.2, -0.15) is 0 Å². The van der Waals surface area contributed by atoms with E-state index in [1.807, 2.05) is 22.6 Å². The molecule has 0 radical (unpaired) electrons. The zero-order chi connectivity index (χ0) is 23.3. The van der Waals surface area contributed by atoms with Crippen molar-refractivity contribution in [2.24, 2.45) is 0 Å². The second-order valence-electron chi connectivity index (χ2n) is 6.36. The van der Waals surface area contributed by atoms with Gasteiger partial charge >= 0.3 is 11.9 Å². The number of carbonyl (C=O) groups excluding carboxylic acids is 4. The van der Waals surface area contributed by atoms with Crippen molar-refractivity contribution in [2.75, 3.05) is 20.3 Å². The Bertz CT molecular complexity index is 1100. The number of imide groups is 1. The Hall–Kier alpha value is -2.86. The lowest BCUT2D eigenvalue weighted by molar-refractivity contribution is -0.145. The molecule has 0 unspecified atom stereocenters. The van der Waals surface area contributed by atoms with E-state index >= 15 is 0 Å². The van der Waals surface area contributed by atoms with Crippen molar-refractivity contribution in [3.05, 3.63) is 62.1 Å². The van der Waals surface area contributed by atoms with Crippen molar-refractivity contribution in [3.8, 4) is 11.5 Å². The molecule has 1 aliphatic heterocycles. The summed E-state index contributed by atoms with van der Waals surface area (Å²) in [6.45, 7) is 1.36. The fraction of sp³-hybridized carbons (Fsp3) is 0.182. The number of methoxy groups -OCH3 is 1. The summed E-state index contributed by atoms with van der Waals surface area (Å²) in [6.07, 6.45) is 1.52. The molecule has 0 aromatic heterocycles. The molecule has 1 saturated heterocycles. The number of hydrogen-bond acceptors (Lipinski definition) is 8. The third kappa shape index (κ3) is 5.49. The highest BCUT2D eigenvalue weighted by Crippen LogP contribution is 2.37. The molecule has 3 rings (SSSR count). The number of amides is 2. The van der Waals surface area contributed by atoms with E-state index < -0.39 is 29.6 Å². The number of halogens is 1. The van der Waals surface area contributed by atoms with Gasteiger partial charge in [-0.3, -0.25) is 19.3 Å². The Labute approximate surface area is 202 Å². The van der Waals surface area contributed by atoms with Crippen LogP contribution in [-0.2, 0) is 14.3 Å². The highest BCUT2D eigenvalue weighted by molar-refractivity contribution is 14.1. The van der Waals surface area contributed by atoms with Crippen LogP contribution in [-0.4, -0.2) is 48.2 Å². The van der Waals surface area contributed by atoms with Gasteiger partial charge in [0.05, 0.1) is 27.8 Å². The third-order valence-electron chi connectivity index (χ3n) is 4.22. The van der Waals surface area contributed by atoms with E-state index in [9.17, 15) is 19.2 Å². The second-order valence-corrected chi connectivity index (χ2v) is 8.52. The fourth-order valence-corrected chi connectivity index (χ4v) is 4.35. The minimum absolute atomic E-state index is 0.157. The maximum absolute atomic E-state index is 12.6. The number of esters is 2. The first-order valence-corrected chi connectivity index (χ1v) is 11.3. The molecular weight excluding hydrogens is 549 g/mol. The molecule has 0 N–H and O–H groups in total. The number of benzene rings is 2. The number of carbonyl (C=O) groups is 4. The molecule has 10 heteroatoms. The van der Waals surface area contributed by atoms with Gasteiger partial charge in [-0.1, -0.05) is 18.2 Å². The van der Waals surface area contributed by atoms with Crippen molar-refractivity contribution in [3.63, 3.8) is 0 Å². The van der Waals surface area contributed by atoms with E-state index in [0.717, 1.165) is 16.7 Å². The van der Waals surface area contributed by atoms with Crippen molar-refractivity contribution >= 4 is 63.5 Å². The Morgan fingerprint density at radius 3 is 2.53 bits per heavy atom. The van der Waals surface area contributed by atoms with Gasteiger partial charge in [0.25, 0.3) is 11.1 Å². The highest BCUT2D eigenvalue weighted by atomic mass is 127. The van der Waals surface area contributed by atoms with Crippen LogP contribution in [0.2, 0.25) is 0 Å². The minimum atomic E-state index is -0.656. The van der Waals surface area contributed by atoms with Gasteiger partial charge in [0.15, 0.2) is 11.5 Å². The molecule has 2 amide bonds. The quantitative estimate of drug-likeness (QED) is 0.213. The van der Waals surface area contributed by atoms with E-state index in [1.165, 1.54) is 13.2 Å². The van der Waals surface area contributed by atoms with Crippen LogP contribution in [0.15, 0.2) is 47.4 Å². The molecule has 166 valence electrons. The van der Waals surface area contributed by atoms with Gasteiger partial charge < -0.3 is 14.2 Å². The second kappa shape index (κ2) is 10.6. The van der Waals surface area contributed by atoms with Crippen molar-refractivity contribution < 1.29 is 33.4 Å². The summed E-state index contributed by atoms with van der Waals surface area (Å²) in [5.74, 6) is -1.24. The van der Waals surface area contributed by atoms with Gasteiger partial charge in [0.2, 0.25) is 0 Å². The Morgan fingerprint density at radius 2 is 1.88 bits per heavy atom. The summed E-state index contributed by atoms with van der Waals surface area (Å²) in [5.41, 5.74) is 0.956. The molecule has 2 aromatic carbocycles. The summed E-state index contributed by atoms with van der Waals surface area (Å²) in [6, 6.07) is 11.8. The standard InChI is InChI=1S/C22H18INO7S/c1-3-30-18(25)12-24-20(26)17(32-22(24)28)11-13-9-15(23)19(16(10-13)29-2)31-21(27)14-7-5-4-6-8-14/h4-11H,3,12H2,1-2H3/b17-11-. The van der Waals surface area contributed by atoms with Crippen LogP contribution in [0.5, 0.6) is 11.5 Å². The molecule has 0 spiro atoms. The Morgan fingerprint density at radius 1 is 1.16 bits per heavy atom. The largest absolute Gasteiger partial charge is 0.493 e. The van der Waals surface area contributed by atoms with Crippen LogP contribution >= 0.6 is 34.4 Å². The predicted molar refractivity (Wildman–Crippen MR) is 126 cm³/mol. The van der Waals surface area contributed by atoms with Crippen LogP contribution in [0.4, 0.5) is 4.79 Å². The van der Waals surface area contributed by atoms with Gasteiger partial charge in [-0.15, -0.1) is 0 Å². The average molecular weight is 567 g/mol. The molecule has 0 bridgehead atoms. The molecule has 1 heterocycles. The molecule has 32 heavy (non-hydrogen) atoms. The molecule has 1 aliphatic rings. The first-order chi connectivity index (χ1) is 15.3. The number of rotatable bonds is 7. The van der Waals surface area contributed by atoms with E-state index in [1.54, 1.807) is 49.4 Å². The van der Waals surface area contributed by atoms with Crippen molar-refractivity contribution in [2.45, 2.75) is 6.92 Å². The summed E-state index contributed by atoms with van der Waals surface area (Å²) in [7, 11) is 1.43. The number of hydrogen-bond donors (Lipinski definition) is 0. The topological polar surface area (TPSA) is 99.2 Å². The predicted octanol–water partition coefficient (Wildman–Crippen LogP) is 4.12. The number of nitrogens with zero attached hydrogens (tertiary/aromatic N) is 1. The van der Waals surface area contributed by atoms with E-state index in [0.29, 0.717) is 14.7 Å². The van der Waals surface area contributed by atoms with E-state index in [4.69, 9.17) is 14.2 Å². The normalized spacial score (nSPS) is 14.6. The minimum Gasteiger partial charge on any atom is -0.493 e. The van der Waals surface area contributed by atoms with Gasteiger partial charge in [-0.05, 0) is 77.2 Å². The van der Waals surface area contributed by atoms with E-state index in [2.05, 4.69) is 0 Å². The fourth-order valence-electron chi connectivity index (χ4n) is 2.77. The molecule has 0 aliphatic carbocycles. The van der Waals surface area contributed by atoms with Gasteiger partial charge in [0, 0.05) is 0 Å². The Kier molecular flexibility index (Phi) is 7.91. The van der Waals surface area contributed by atoms with Crippen LogP contribution < -0.4 is 9.47 Å². The average Bonchev–Trinajstić information content (AvgIpc) is 3.03. The smallest absolute Gasteiger partial charge is 0.343 e. The van der Waals surface area contributed by atoms with Gasteiger partial charge in [0.1, 0.15) is 6.54 Å². The summed E-state index contributed by atoms with van der Waals surface area (Å²) >= 11 is 2.73. The van der Waals surface area contributed by atoms with Crippen LogP contribution in [0.3, 0.4) is 0 Å².